The van der Waals surface area contributed by atoms with E-state index in [1.54, 1.807) is 4.90 Å². The van der Waals surface area contributed by atoms with Crippen LogP contribution >= 0.6 is 0 Å². The fourth-order valence-electron chi connectivity index (χ4n) is 7.65. The lowest BCUT2D eigenvalue weighted by atomic mass is 9.60. The topological polar surface area (TPSA) is 122 Å². The normalized spacial score (nSPS) is 22.6. The number of fused-ring (bicyclic) bond motifs is 4. The van der Waals surface area contributed by atoms with E-state index in [2.05, 4.69) is 14.7 Å². The summed E-state index contributed by atoms with van der Waals surface area (Å²) in [5.41, 5.74) is 0.712. The summed E-state index contributed by atoms with van der Waals surface area (Å²) in [6.07, 6.45) is -3.94. The number of hydrogen-bond donors (Lipinski definition) is 1. The molecule has 1 aromatic heterocycles. The summed E-state index contributed by atoms with van der Waals surface area (Å²) in [5.74, 6) is -0.938. The lowest BCUT2D eigenvalue weighted by molar-refractivity contribution is -0.195. The molecule has 4 aliphatic rings. The van der Waals surface area contributed by atoms with Crippen molar-refractivity contribution in [1.82, 2.24) is 19.8 Å². The Bertz CT molecular complexity index is 1900. The first kappa shape index (κ1) is 32.4. The van der Waals surface area contributed by atoms with Crippen molar-refractivity contribution in [2.45, 2.75) is 76.0 Å². The number of hydrogen-bond acceptors (Lipinski definition) is 7. The zero-order valence-corrected chi connectivity index (χ0v) is 27.6. The van der Waals surface area contributed by atoms with Gasteiger partial charge in [0.05, 0.1) is 22.0 Å². The van der Waals surface area contributed by atoms with Crippen LogP contribution in [0, 0.1) is 24.7 Å². The van der Waals surface area contributed by atoms with E-state index in [1.807, 2.05) is 32.0 Å². The Morgan fingerprint density at radius 3 is 2.33 bits per heavy atom. The molecule has 14 heteroatoms. The molecule has 1 spiro atoms. The lowest BCUT2D eigenvalue weighted by Gasteiger charge is -2.61. The smallest absolute Gasteiger partial charge is 0.394 e. The molecular formula is C34H36F3N5O5S. The van der Waals surface area contributed by atoms with E-state index in [0.717, 1.165) is 16.7 Å². The Morgan fingerprint density at radius 2 is 1.71 bits per heavy atom. The minimum absolute atomic E-state index is 0.0303. The van der Waals surface area contributed by atoms with Gasteiger partial charge in [-0.1, -0.05) is 24.3 Å². The highest BCUT2D eigenvalue weighted by molar-refractivity contribution is 7.92. The van der Waals surface area contributed by atoms with Gasteiger partial charge in [0, 0.05) is 48.7 Å². The van der Waals surface area contributed by atoms with Gasteiger partial charge in [-0.3, -0.25) is 9.59 Å². The second-order valence-electron chi connectivity index (χ2n) is 13.9. The van der Waals surface area contributed by atoms with E-state index in [-0.39, 0.29) is 59.5 Å². The van der Waals surface area contributed by atoms with Crippen molar-refractivity contribution in [3.8, 4) is 17.1 Å². The van der Waals surface area contributed by atoms with Gasteiger partial charge in [0.1, 0.15) is 6.61 Å². The van der Waals surface area contributed by atoms with Gasteiger partial charge in [0.2, 0.25) is 17.7 Å². The SMILES string of the molecule is CC(=O)N1CC2(CC(N3C(=O)c4cccc(c4)S(=O)(=O)Nc4nc(cc(-c5c(C)cccc5C)n4)OC[C@H]3CC3(C(F)(F)F)CC3)C2)C1. The molecule has 3 heterocycles. The van der Waals surface area contributed by atoms with Crippen LogP contribution in [0.2, 0.25) is 0 Å². The molecule has 254 valence electrons. The van der Waals surface area contributed by atoms with Crippen LogP contribution in [-0.4, -0.2) is 78.0 Å². The van der Waals surface area contributed by atoms with Crippen LogP contribution in [0.3, 0.4) is 0 Å². The van der Waals surface area contributed by atoms with Crippen molar-refractivity contribution >= 4 is 27.8 Å². The number of aryl methyl sites for hydroxylation is 2. The van der Waals surface area contributed by atoms with E-state index in [4.69, 9.17) is 4.74 Å². The molecule has 3 fully saturated rings. The maximum atomic E-state index is 14.4. The average molecular weight is 684 g/mol. The number of sulfonamides is 1. The van der Waals surface area contributed by atoms with E-state index >= 15 is 0 Å². The van der Waals surface area contributed by atoms with E-state index in [9.17, 15) is 31.2 Å². The van der Waals surface area contributed by atoms with Gasteiger partial charge in [-0.15, -0.1) is 0 Å². The average Bonchev–Trinajstić information content (AvgIpc) is 3.76. The third-order valence-electron chi connectivity index (χ3n) is 10.4. The van der Waals surface area contributed by atoms with Crippen LogP contribution in [0.5, 0.6) is 5.88 Å². The van der Waals surface area contributed by atoms with E-state index in [0.29, 0.717) is 31.6 Å². The number of likely N-dealkylation sites (tertiary alicyclic amines) is 1. The third kappa shape index (κ3) is 5.67. The minimum atomic E-state index is -4.48. The highest BCUT2D eigenvalue weighted by atomic mass is 32.2. The van der Waals surface area contributed by atoms with Crippen molar-refractivity contribution in [1.29, 1.82) is 0 Å². The number of anilines is 1. The number of rotatable bonds is 4. The lowest BCUT2D eigenvalue weighted by Crippen LogP contribution is -2.69. The number of carbonyl (C=O) groups excluding carboxylic acids is 2. The van der Waals surface area contributed by atoms with Crippen LogP contribution in [0.4, 0.5) is 19.1 Å². The molecule has 48 heavy (non-hydrogen) atoms. The Morgan fingerprint density at radius 1 is 1.04 bits per heavy atom. The summed E-state index contributed by atoms with van der Waals surface area (Å²) >= 11 is 0. The number of aromatic nitrogens is 2. The third-order valence-corrected chi connectivity index (χ3v) is 11.7. The maximum Gasteiger partial charge on any atom is 0.394 e. The highest BCUT2D eigenvalue weighted by Crippen LogP contribution is 2.61. The molecule has 2 aromatic carbocycles. The van der Waals surface area contributed by atoms with E-state index in [1.165, 1.54) is 42.2 Å². The molecule has 2 saturated carbocycles. The van der Waals surface area contributed by atoms with Crippen LogP contribution in [0.25, 0.3) is 11.3 Å². The highest BCUT2D eigenvalue weighted by Gasteiger charge is 2.65. The van der Waals surface area contributed by atoms with Crippen LogP contribution in [0.1, 0.15) is 60.5 Å². The maximum absolute atomic E-state index is 14.4. The van der Waals surface area contributed by atoms with Crippen molar-refractivity contribution in [2.75, 3.05) is 24.4 Å². The van der Waals surface area contributed by atoms with Gasteiger partial charge < -0.3 is 14.5 Å². The molecule has 2 aliphatic heterocycles. The van der Waals surface area contributed by atoms with Crippen molar-refractivity contribution < 1.29 is 35.9 Å². The molecule has 3 aromatic rings. The molecule has 2 amide bonds. The molecule has 10 nitrogen and oxygen atoms in total. The number of alkyl halides is 3. The summed E-state index contributed by atoms with van der Waals surface area (Å²) in [5, 5.41) is 0. The minimum Gasteiger partial charge on any atom is -0.475 e. The van der Waals surface area contributed by atoms with Gasteiger partial charge in [-0.2, -0.15) is 18.2 Å². The molecule has 0 radical (unpaired) electrons. The molecule has 0 unspecified atom stereocenters. The summed E-state index contributed by atoms with van der Waals surface area (Å²) in [6.45, 7) is 6.01. The predicted molar refractivity (Wildman–Crippen MR) is 170 cm³/mol. The van der Waals surface area contributed by atoms with Gasteiger partial charge >= 0.3 is 6.18 Å². The molecule has 1 N–H and O–H groups in total. The van der Waals surface area contributed by atoms with Crippen molar-refractivity contribution in [3.63, 3.8) is 0 Å². The second-order valence-corrected chi connectivity index (χ2v) is 15.6. The number of halogens is 3. The molecule has 4 bridgehead atoms. The molecular weight excluding hydrogens is 647 g/mol. The number of benzene rings is 2. The Labute approximate surface area is 276 Å². The largest absolute Gasteiger partial charge is 0.475 e. The number of amides is 2. The summed E-state index contributed by atoms with van der Waals surface area (Å²) in [7, 11) is -4.30. The molecule has 1 atom stereocenters. The van der Waals surface area contributed by atoms with E-state index < -0.39 is 39.6 Å². The summed E-state index contributed by atoms with van der Waals surface area (Å²) < 4.78 is 79.2. The Balaban J connectivity index is 1.33. The fourth-order valence-corrected chi connectivity index (χ4v) is 8.64. The first-order valence-electron chi connectivity index (χ1n) is 16.0. The monoisotopic (exact) mass is 683 g/mol. The number of nitrogens with zero attached hydrogens (tertiary/aromatic N) is 4. The van der Waals surface area contributed by atoms with Crippen LogP contribution in [0.15, 0.2) is 53.4 Å². The number of nitrogens with one attached hydrogen (secondary N) is 1. The standard InChI is InChI=1S/C34H36F3N5O5S/c1-20-6-4-7-21(2)29(20)27-13-28-39-31(38-27)40-48(45,46)26-9-5-8-23(12-26)30(44)42(24-14-32(15-24)18-41(19-32)22(3)43)25(17-47-28)16-33(10-11-33)34(35,36)37/h4-9,12-13,24-25H,10-11,14-19H2,1-3H3,(H,38,39,40)/t25-/m1/s1. The van der Waals surface area contributed by atoms with Gasteiger partial charge in [-0.25, -0.2) is 18.1 Å². The molecule has 2 aliphatic carbocycles. The number of carbonyl (C=O) groups is 2. The van der Waals surface area contributed by atoms with Gasteiger partial charge in [0.25, 0.3) is 15.9 Å². The first-order chi connectivity index (χ1) is 22.6. The Kier molecular flexibility index (Phi) is 7.53. The first-order valence-corrected chi connectivity index (χ1v) is 17.4. The van der Waals surface area contributed by atoms with Crippen molar-refractivity contribution in [3.05, 3.63) is 65.2 Å². The summed E-state index contributed by atoms with van der Waals surface area (Å²) in [4.78, 5) is 38.1. The second kappa shape index (κ2) is 11.2. The zero-order valence-electron chi connectivity index (χ0n) is 26.8. The molecule has 1 saturated heterocycles. The van der Waals surface area contributed by atoms with Gasteiger partial charge in [-0.05, 0) is 75.3 Å². The molecule has 7 rings (SSSR count). The van der Waals surface area contributed by atoms with Crippen LogP contribution in [-0.2, 0) is 14.8 Å². The fraction of sp³-hybridized carbons (Fsp3) is 0.471. The quantitative estimate of drug-likeness (QED) is 0.385. The predicted octanol–water partition coefficient (Wildman–Crippen LogP) is 5.51. The van der Waals surface area contributed by atoms with Crippen molar-refractivity contribution in [2.24, 2.45) is 10.8 Å². The van der Waals surface area contributed by atoms with Crippen LogP contribution < -0.4 is 9.46 Å². The number of ether oxygens (including phenoxy) is 1. The summed E-state index contributed by atoms with van der Waals surface area (Å²) in [6, 6.07) is 11.2. The zero-order chi connectivity index (χ0) is 34.2. The Hall–Kier alpha value is -4.20. The van der Waals surface area contributed by atoms with Gasteiger partial charge in [0.15, 0.2) is 0 Å².